The zero-order valence-corrected chi connectivity index (χ0v) is 13.9. The van der Waals surface area contributed by atoms with Gasteiger partial charge in [-0.3, -0.25) is 9.48 Å². The Balaban J connectivity index is 1.96. The Bertz CT molecular complexity index is 679. The highest BCUT2D eigenvalue weighted by Gasteiger charge is 2.10. The molecule has 2 aromatic rings. The number of nitrogens with one attached hydrogen (secondary N) is 2. The average Bonchev–Trinajstić information content (AvgIpc) is 2.75. The molecule has 0 aliphatic carbocycles. The van der Waals surface area contributed by atoms with Crippen LogP contribution in [0.5, 0.6) is 0 Å². The van der Waals surface area contributed by atoms with Gasteiger partial charge in [0.15, 0.2) is 0 Å². The molecule has 3 N–H and O–H groups in total. The van der Waals surface area contributed by atoms with Gasteiger partial charge in [-0.2, -0.15) is 5.10 Å². The molecule has 0 aliphatic rings. The Morgan fingerprint density at radius 3 is 2.78 bits per heavy atom. The van der Waals surface area contributed by atoms with Gasteiger partial charge >= 0.3 is 0 Å². The van der Waals surface area contributed by atoms with E-state index in [1.54, 1.807) is 0 Å². The van der Waals surface area contributed by atoms with Crippen LogP contribution in [-0.2, 0) is 24.4 Å². The number of benzene rings is 1. The van der Waals surface area contributed by atoms with Gasteiger partial charge in [0.2, 0.25) is 5.91 Å². The first-order valence-corrected chi connectivity index (χ1v) is 7.72. The minimum absolute atomic E-state index is 0.0716. The van der Waals surface area contributed by atoms with Crippen LogP contribution < -0.4 is 10.6 Å². The molecule has 0 aliphatic heterocycles. The summed E-state index contributed by atoms with van der Waals surface area (Å²) in [6, 6.07) is 7.78. The van der Waals surface area contributed by atoms with Crippen LogP contribution in [0.4, 0.5) is 5.69 Å². The van der Waals surface area contributed by atoms with E-state index in [1.165, 1.54) is 6.92 Å². The second kappa shape index (κ2) is 7.89. The molecular weight excluding hydrogens is 292 g/mol. The predicted molar refractivity (Wildman–Crippen MR) is 90.1 cm³/mol. The molecule has 1 aromatic heterocycles. The normalized spacial score (nSPS) is 10.8. The van der Waals surface area contributed by atoms with Crippen LogP contribution >= 0.6 is 0 Å². The lowest BCUT2D eigenvalue weighted by atomic mass is 10.1. The summed E-state index contributed by atoms with van der Waals surface area (Å²) < 4.78 is 1.84. The van der Waals surface area contributed by atoms with Gasteiger partial charge in [-0.25, -0.2) is 0 Å². The Hall–Kier alpha value is -2.18. The number of carbonyl (C=O) groups is 1. The van der Waals surface area contributed by atoms with E-state index < -0.39 is 0 Å². The van der Waals surface area contributed by atoms with Crippen molar-refractivity contribution in [2.75, 3.05) is 11.9 Å². The van der Waals surface area contributed by atoms with Crippen molar-refractivity contribution < 1.29 is 9.90 Å². The topological polar surface area (TPSA) is 79.2 Å². The van der Waals surface area contributed by atoms with Crippen molar-refractivity contribution in [3.8, 4) is 0 Å². The van der Waals surface area contributed by atoms with Crippen LogP contribution in [0.1, 0.15) is 29.4 Å². The van der Waals surface area contributed by atoms with Gasteiger partial charge in [-0.1, -0.05) is 12.1 Å². The molecule has 0 saturated heterocycles. The zero-order chi connectivity index (χ0) is 16.8. The van der Waals surface area contributed by atoms with Gasteiger partial charge in [0, 0.05) is 37.0 Å². The zero-order valence-electron chi connectivity index (χ0n) is 13.9. The van der Waals surface area contributed by atoms with E-state index in [4.69, 9.17) is 5.11 Å². The summed E-state index contributed by atoms with van der Waals surface area (Å²) in [4.78, 5) is 11.1. The molecule has 124 valence electrons. The summed E-state index contributed by atoms with van der Waals surface area (Å²) >= 11 is 0. The minimum atomic E-state index is -0.0716. The van der Waals surface area contributed by atoms with Crippen LogP contribution in [0.25, 0.3) is 0 Å². The second-order valence-electron chi connectivity index (χ2n) is 5.58. The number of amides is 1. The third kappa shape index (κ3) is 4.64. The molecule has 1 heterocycles. The highest BCUT2D eigenvalue weighted by Crippen LogP contribution is 2.14. The molecule has 0 bridgehead atoms. The first kappa shape index (κ1) is 17.2. The Morgan fingerprint density at radius 2 is 2.09 bits per heavy atom. The summed E-state index contributed by atoms with van der Waals surface area (Å²) in [5.74, 6) is -0.0716. The van der Waals surface area contributed by atoms with E-state index >= 15 is 0 Å². The summed E-state index contributed by atoms with van der Waals surface area (Å²) in [6.07, 6.45) is 0. The van der Waals surface area contributed by atoms with Gasteiger partial charge in [0.25, 0.3) is 0 Å². The van der Waals surface area contributed by atoms with Crippen molar-refractivity contribution in [1.82, 2.24) is 15.1 Å². The number of aliphatic hydroxyl groups excluding tert-OH is 1. The van der Waals surface area contributed by atoms with Gasteiger partial charge in [0.1, 0.15) is 0 Å². The maximum Gasteiger partial charge on any atom is 0.221 e. The van der Waals surface area contributed by atoms with Crippen molar-refractivity contribution in [1.29, 1.82) is 0 Å². The highest BCUT2D eigenvalue weighted by molar-refractivity contribution is 5.88. The van der Waals surface area contributed by atoms with Gasteiger partial charge in [-0.05, 0) is 31.5 Å². The Labute approximate surface area is 136 Å². The highest BCUT2D eigenvalue weighted by atomic mass is 16.3. The smallest absolute Gasteiger partial charge is 0.221 e. The van der Waals surface area contributed by atoms with Crippen molar-refractivity contribution in [2.24, 2.45) is 0 Å². The number of aryl methyl sites for hydroxylation is 1. The number of nitrogens with zero attached hydrogens (tertiary/aromatic N) is 2. The number of rotatable bonds is 7. The van der Waals surface area contributed by atoms with Gasteiger partial charge in [-0.15, -0.1) is 0 Å². The molecule has 23 heavy (non-hydrogen) atoms. The van der Waals surface area contributed by atoms with Gasteiger partial charge < -0.3 is 15.7 Å². The van der Waals surface area contributed by atoms with Crippen LogP contribution in [0.3, 0.4) is 0 Å². The quantitative estimate of drug-likeness (QED) is 0.727. The molecule has 0 saturated carbocycles. The lowest BCUT2D eigenvalue weighted by Crippen LogP contribution is -2.14. The average molecular weight is 316 g/mol. The monoisotopic (exact) mass is 316 g/mol. The van der Waals surface area contributed by atoms with Crippen molar-refractivity contribution in [3.63, 3.8) is 0 Å². The van der Waals surface area contributed by atoms with E-state index in [-0.39, 0.29) is 12.5 Å². The third-order valence-corrected chi connectivity index (χ3v) is 3.72. The first-order valence-electron chi connectivity index (χ1n) is 7.72. The van der Waals surface area contributed by atoms with E-state index in [2.05, 4.69) is 15.7 Å². The molecule has 6 nitrogen and oxygen atoms in total. The predicted octanol–water partition coefficient (Wildman–Crippen LogP) is 1.74. The summed E-state index contributed by atoms with van der Waals surface area (Å²) in [5, 5.41) is 19.7. The van der Waals surface area contributed by atoms with Crippen LogP contribution in [0.15, 0.2) is 24.3 Å². The third-order valence-electron chi connectivity index (χ3n) is 3.72. The number of aromatic nitrogens is 2. The molecule has 0 fully saturated rings. The molecular formula is C17H24N4O2. The van der Waals surface area contributed by atoms with Crippen LogP contribution in [0, 0.1) is 13.8 Å². The molecule has 1 amide bonds. The fourth-order valence-corrected chi connectivity index (χ4v) is 2.60. The maximum absolute atomic E-state index is 11.1. The Kier molecular flexibility index (Phi) is 5.90. The fraction of sp³-hybridized carbons (Fsp3) is 0.412. The number of aliphatic hydroxyl groups is 1. The van der Waals surface area contributed by atoms with E-state index in [9.17, 15) is 4.79 Å². The summed E-state index contributed by atoms with van der Waals surface area (Å²) in [6.45, 7) is 7.53. The number of hydrogen-bond acceptors (Lipinski definition) is 4. The standard InChI is InChI=1S/C17H24N4O2/c1-12-17(13(2)21(20-12)7-8-22)11-18-10-15-5-4-6-16(9-15)19-14(3)23/h4-6,9,18,22H,7-8,10-11H2,1-3H3,(H,19,23). The minimum Gasteiger partial charge on any atom is -0.394 e. The maximum atomic E-state index is 11.1. The SMILES string of the molecule is CC(=O)Nc1cccc(CNCc2c(C)nn(CCO)c2C)c1. The molecule has 1 aromatic carbocycles. The largest absolute Gasteiger partial charge is 0.394 e. The lowest BCUT2D eigenvalue weighted by molar-refractivity contribution is -0.114. The van der Waals surface area contributed by atoms with Gasteiger partial charge in [0.05, 0.1) is 18.8 Å². The lowest BCUT2D eigenvalue weighted by Gasteiger charge is -2.08. The molecule has 0 radical (unpaired) electrons. The molecule has 0 unspecified atom stereocenters. The summed E-state index contributed by atoms with van der Waals surface area (Å²) in [5.41, 5.74) is 5.14. The molecule has 0 atom stereocenters. The summed E-state index contributed by atoms with van der Waals surface area (Å²) in [7, 11) is 0. The van der Waals surface area contributed by atoms with E-state index in [0.717, 1.165) is 28.2 Å². The molecule has 6 heteroatoms. The first-order chi connectivity index (χ1) is 11.0. The van der Waals surface area contributed by atoms with Crippen LogP contribution in [-0.4, -0.2) is 27.4 Å². The number of hydrogen-bond donors (Lipinski definition) is 3. The fourth-order valence-electron chi connectivity index (χ4n) is 2.60. The van der Waals surface area contributed by atoms with E-state index in [1.807, 2.05) is 42.8 Å². The number of anilines is 1. The molecule has 2 rings (SSSR count). The molecule has 0 spiro atoms. The second-order valence-corrected chi connectivity index (χ2v) is 5.58. The Morgan fingerprint density at radius 1 is 1.30 bits per heavy atom. The van der Waals surface area contributed by atoms with E-state index in [0.29, 0.717) is 19.6 Å². The van der Waals surface area contributed by atoms with Crippen molar-refractivity contribution >= 4 is 11.6 Å². The number of carbonyl (C=O) groups excluding carboxylic acids is 1. The van der Waals surface area contributed by atoms with Crippen LogP contribution in [0.2, 0.25) is 0 Å². The van der Waals surface area contributed by atoms with Crippen molar-refractivity contribution in [3.05, 3.63) is 46.8 Å². The van der Waals surface area contributed by atoms with Crippen molar-refractivity contribution in [2.45, 2.75) is 40.4 Å².